The molecule has 0 radical (unpaired) electrons. The van der Waals surface area contributed by atoms with E-state index in [0.29, 0.717) is 25.1 Å². The maximum atomic E-state index is 12.9. The van der Waals surface area contributed by atoms with Crippen molar-refractivity contribution in [2.75, 3.05) is 19.7 Å². The fraction of sp³-hybridized carbons (Fsp3) is 0.517. The van der Waals surface area contributed by atoms with Crippen LogP contribution in [-0.4, -0.2) is 36.5 Å². The van der Waals surface area contributed by atoms with E-state index in [9.17, 15) is 9.59 Å². The number of nitrogens with zero attached hydrogens (tertiary/aromatic N) is 1. The number of benzene rings is 2. The van der Waals surface area contributed by atoms with Crippen molar-refractivity contribution in [2.24, 2.45) is 0 Å². The standard InChI is InChI=1S/C29H41NO3/c1-2-3-4-5-6-7-8-9-16-21-28(31)30(23-22-26-17-12-10-13-18-26)24-25-33-29(32)27-19-14-11-15-20-27/h10-15,17-20H,2-9,16,21-25H2,1H3. The van der Waals surface area contributed by atoms with E-state index in [1.54, 1.807) is 12.1 Å². The number of ether oxygens (including phenoxy) is 1. The lowest BCUT2D eigenvalue weighted by Crippen LogP contribution is -2.36. The van der Waals surface area contributed by atoms with Crippen molar-refractivity contribution in [3.63, 3.8) is 0 Å². The first-order chi connectivity index (χ1) is 16.2. The van der Waals surface area contributed by atoms with E-state index in [0.717, 1.165) is 19.3 Å². The van der Waals surface area contributed by atoms with Gasteiger partial charge in [0.15, 0.2) is 0 Å². The molecule has 0 aromatic heterocycles. The summed E-state index contributed by atoms with van der Waals surface area (Å²) in [4.78, 5) is 27.0. The van der Waals surface area contributed by atoms with Gasteiger partial charge in [0.05, 0.1) is 12.1 Å². The molecule has 2 aromatic carbocycles. The molecule has 0 aliphatic rings. The Morgan fingerprint density at radius 2 is 1.30 bits per heavy atom. The van der Waals surface area contributed by atoms with E-state index in [2.05, 4.69) is 19.1 Å². The molecule has 0 atom stereocenters. The zero-order valence-corrected chi connectivity index (χ0v) is 20.3. The number of carbonyl (C=O) groups excluding carboxylic acids is 2. The molecule has 180 valence electrons. The average Bonchev–Trinajstić information content (AvgIpc) is 2.86. The van der Waals surface area contributed by atoms with Gasteiger partial charge in [-0.1, -0.05) is 107 Å². The second-order valence-corrected chi connectivity index (χ2v) is 8.70. The Hall–Kier alpha value is -2.62. The molecule has 2 aromatic rings. The average molecular weight is 452 g/mol. The van der Waals surface area contributed by atoms with Crippen LogP contribution in [0.2, 0.25) is 0 Å². The molecule has 0 spiro atoms. The van der Waals surface area contributed by atoms with E-state index in [1.165, 1.54) is 50.5 Å². The smallest absolute Gasteiger partial charge is 0.338 e. The number of carbonyl (C=O) groups is 2. The highest BCUT2D eigenvalue weighted by molar-refractivity contribution is 5.89. The summed E-state index contributed by atoms with van der Waals surface area (Å²) in [6, 6.07) is 19.2. The lowest BCUT2D eigenvalue weighted by atomic mass is 10.1. The first kappa shape index (κ1) is 26.6. The molecule has 0 aliphatic carbocycles. The summed E-state index contributed by atoms with van der Waals surface area (Å²) in [7, 11) is 0. The molecule has 0 saturated heterocycles. The van der Waals surface area contributed by atoms with E-state index < -0.39 is 0 Å². The van der Waals surface area contributed by atoms with Gasteiger partial charge in [-0.25, -0.2) is 4.79 Å². The Morgan fingerprint density at radius 1 is 0.727 bits per heavy atom. The molecule has 33 heavy (non-hydrogen) atoms. The van der Waals surface area contributed by atoms with Crippen LogP contribution in [0.4, 0.5) is 0 Å². The molecule has 0 heterocycles. The van der Waals surface area contributed by atoms with E-state index >= 15 is 0 Å². The van der Waals surface area contributed by atoms with Gasteiger partial charge >= 0.3 is 5.97 Å². The Balaban J connectivity index is 1.73. The maximum absolute atomic E-state index is 12.9. The predicted octanol–water partition coefficient (Wildman–Crippen LogP) is 6.84. The fourth-order valence-electron chi connectivity index (χ4n) is 3.92. The minimum Gasteiger partial charge on any atom is -0.460 e. The summed E-state index contributed by atoms with van der Waals surface area (Å²) < 4.78 is 5.43. The van der Waals surface area contributed by atoms with E-state index in [4.69, 9.17) is 4.74 Å². The monoisotopic (exact) mass is 451 g/mol. The first-order valence-corrected chi connectivity index (χ1v) is 12.7. The molecule has 0 fully saturated rings. The number of rotatable bonds is 17. The molecule has 0 unspecified atom stereocenters. The van der Waals surface area contributed by atoms with Crippen LogP contribution in [0.25, 0.3) is 0 Å². The lowest BCUT2D eigenvalue weighted by Gasteiger charge is -2.23. The van der Waals surface area contributed by atoms with Gasteiger partial charge in [0.1, 0.15) is 6.61 Å². The number of hydrogen-bond acceptors (Lipinski definition) is 3. The summed E-state index contributed by atoms with van der Waals surface area (Å²) >= 11 is 0. The summed E-state index contributed by atoms with van der Waals surface area (Å²) in [6.45, 7) is 3.53. The van der Waals surface area contributed by atoms with Crippen molar-refractivity contribution < 1.29 is 14.3 Å². The highest BCUT2D eigenvalue weighted by Crippen LogP contribution is 2.12. The van der Waals surface area contributed by atoms with Gasteiger partial charge in [-0.3, -0.25) is 4.79 Å². The minimum absolute atomic E-state index is 0.157. The van der Waals surface area contributed by atoms with Crippen molar-refractivity contribution in [3.05, 3.63) is 71.8 Å². The molecular formula is C29H41NO3. The van der Waals surface area contributed by atoms with Crippen LogP contribution in [-0.2, 0) is 16.0 Å². The predicted molar refractivity (Wildman–Crippen MR) is 135 cm³/mol. The third kappa shape index (κ3) is 11.7. The van der Waals surface area contributed by atoms with Crippen LogP contribution in [0.1, 0.15) is 87.1 Å². The van der Waals surface area contributed by atoms with Crippen LogP contribution in [0.15, 0.2) is 60.7 Å². The number of esters is 1. The van der Waals surface area contributed by atoms with Crippen molar-refractivity contribution in [1.82, 2.24) is 4.90 Å². The van der Waals surface area contributed by atoms with Crippen LogP contribution in [0.5, 0.6) is 0 Å². The van der Waals surface area contributed by atoms with Crippen molar-refractivity contribution in [3.8, 4) is 0 Å². The fourth-order valence-corrected chi connectivity index (χ4v) is 3.92. The third-order valence-electron chi connectivity index (χ3n) is 5.96. The molecule has 0 bridgehead atoms. The quantitative estimate of drug-likeness (QED) is 0.195. The highest BCUT2D eigenvalue weighted by Gasteiger charge is 2.15. The molecule has 4 nitrogen and oxygen atoms in total. The van der Waals surface area contributed by atoms with Crippen molar-refractivity contribution in [2.45, 2.75) is 77.6 Å². The van der Waals surface area contributed by atoms with E-state index in [-0.39, 0.29) is 18.5 Å². The van der Waals surface area contributed by atoms with Gasteiger partial charge in [-0.2, -0.15) is 0 Å². The Bertz CT molecular complexity index is 776. The second kappa shape index (κ2) is 16.9. The molecular weight excluding hydrogens is 410 g/mol. The molecule has 2 rings (SSSR count). The molecule has 0 N–H and O–H groups in total. The molecule has 0 aliphatic heterocycles. The van der Waals surface area contributed by atoms with Crippen molar-refractivity contribution >= 4 is 11.9 Å². The van der Waals surface area contributed by atoms with Crippen LogP contribution < -0.4 is 0 Å². The first-order valence-electron chi connectivity index (χ1n) is 12.7. The number of unbranched alkanes of at least 4 members (excludes halogenated alkanes) is 8. The summed E-state index contributed by atoms with van der Waals surface area (Å²) in [5.41, 5.74) is 1.74. The largest absolute Gasteiger partial charge is 0.460 e. The maximum Gasteiger partial charge on any atom is 0.338 e. The summed E-state index contributed by atoms with van der Waals surface area (Å²) in [6.07, 6.45) is 12.5. The van der Waals surface area contributed by atoms with E-state index in [1.807, 2.05) is 41.3 Å². The zero-order valence-electron chi connectivity index (χ0n) is 20.3. The molecule has 4 heteroatoms. The van der Waals surface area contributed by atoms with Gasteiger partial charge in [-0.05, 0) is 30.5 Å². The zero-order chi connectivity index (χ0) is 23.6. The number of hydrogen-bond donors (Lipinski definition) is 0. The number of amides is 1. The minimum atomic E-state index is -0.343. The Labute approximate surface area is 200 Å². The normalized spacial score (nSPS) is 10.7. The summed E-state index contributed by atoms with van der Waals surface area (Å²) in [5.74, 6) is -0.186. The Morgan fingerprint density at radius 3 is 1.94 bits per heavy atom. The van der Waals surface area contributed by atoms with Gasteiger partial charge in [-0.15, -0.1) is 0 Å². The van der Waals surface area contributed by atoms with Crippen LogP contribution in [0, 0.1) is 0 Å². The SMILES string of the molecule is CCCCCCCCCCCC(=O)N(CCOC(=O)c1ccccc1)CCc1ccccc1. The molecule has 0 saturated carbocycles. The second-order valence-electron chi connectivity index (χ2n) is 8.70. The Kier molecular flexibility index (Phi) is 13.7. The van der Waals surface area contributed by atoms with Gasteiger partial charge in [0.25, 0.3) is 0 Å². The third-order valence-corrected chi connectivity index (χ3v) is 5.96. The van der Waals surface area contributed by atoms with Gasteiger partial charge < -0.3 is 9.64 Å². The highest BCUT2D eigenvalue weighted by atomic mass is 16.5. The van der Waals surface area contributed by atoms with Crippen LogP contribution in [0.3, 0.4) is 0 Å². The van der Waals surface area contributed by atoms with Crippen molar-refractivity contribution in [1.29, 1.82) is 0 Å². The molecule has 1 amide bonds. The van der Waals surface area contributed by atoms with Gasteiger partial charge in [0.2, 0.25) is 5.91 Å². The lowest BCUT2D eigenvalue weighted by molar-refractivity contribution is -0.131. The van der Waals surface area contributed by atoms with Crippen LogP contribution >= 0.6 is 0 Å². The summed E-state index contributed by atoms with van der Waals surface area (Å²) in [5, 5.41) is 0. The van der Waals surface area contributed by atoms with Gasteiger partial charge in [0, 0.05) is 13.0 Å². The topological polar surface area (TPSA) is 46.6 Å².